The fraction of sp³-hybridized carbons (Fsp3) is 0.300. The summed E-state index contributed by atoms with van der Waals surface area (Å²) in [5.74, 6) is 2.39. The number of piperidine rings is 1. The van der Waals surface area contributed by atoms with Gasteiger partial charge in [0.25, 0.3) is 5.56 Å². The van der Waals surface area contributed by atoms with Gasteiger partial charge in [0.1, 0.15) is 18.2 Å². The van der Waals surface area contributed by atoms with E-state index in [-0.39, 0.29) is 23.8 Å². The Morgan fingerprint density at radius 1 is 1.17 bits per heavy atom. The molecule has 150 valence electrons. The number of nitrogens with zero attached hydrogens (tertiary/aromatic N) is 7. The van der Waals surface area contributed by atoms with Gasteiger partial charge in [-0.1, -0.05) is 5.16 Å². The highest BCUT2D eigenvalue weighted by atomic mass is 19.1. The molecule has 6 rings (SSSR count). The van der Waals surface area contributed by atoms with Crippen LogP contribution in [0, 0.1) is 17.7 Å². The number of halogens is 1. The molecule has 0 spiro atoms. The van der Waals surface area contributed by atoms with Crippen LogP contribution < -0.4 is 10.5 Å². The maximum absolute atomic E-state index is 13.4. The fourth-order valence-electron chi connectivity index (χ4n) is 4.39. The monoisotopic (exact) mass is 405 g/mol. The van der Waals surface area contributed by atoms with Crippen molar-refractivity contribution in [1.29, 1.82) is 0 Å². The average Bonchev–Trinajstić information content (AvgIpc) is 3.10. The van der Waals surface area contributed by atoms with Crippen LogP contribution in [-0.4, -0.2) is 43.0 Å². The van der Waals surface area contributed by atoms with Gasteiger partial charge in [-0.2, -0.15) is 10.1 Å². The molecule has 3 atom stereocenters. The molecule has 4 aromatic heterocycles. The number of hydrogen-bond donors (Lipinski definition) is 0. The van der Waals surface area contributed by atoms with E-state index in [1.807, 2.05) is 0 Å². The maximum Gasteiger partial charge on any atom is 0.276 e. The van der Waals surface area contributed by atoms with Crippen LogP contribution in [0.3, 0.4) is 0 Å². The Hall–Kier alpha value is -3.69. The average molecular weight is 405 g/mol. The van der Waals surface area contributed by atoms with Crippen LogP contribution in [0.25, 0.3) is 10.9 Å². The molecule has 0 amide bonds. The molecule has 4 aromatic rings. The number of rotatable bonds is 4. The lowest BCUT2D eigenvalue weighted by Crippen LogP contribution is -2.25. The molecule has 0 aromatic carbocycles. The SMILES string of the molecule is O=c1c2cccnc2cnn1Cc1nc([C@H]2[C@@H]3CN(c4cc(F)ccn4)C[C@@H]32)no1. The zero-order valence-corrected chi connectivity index (χ0v) is 15.7. The van der Waals surface area contributed by atoms with E-state index in [1.54, 1.807) is 24.5 Å². The molecule has 9 nitrogen and oxygen atoms in total. The molecule has 0 bridgehead atoms. The third-order valence-corrected chi connectivity index (χ3v) is 5.92. The molecule has 2 fully saturated rings. The number of fused-ring (bicyclic) bond motifs is 2. The van der Waals surface area contributed by atoms with E-state index in [0.717, 1.165) is 13.1 Å². The van der Waals surface area contributed by atoms with Crippen molar-refractivity contribution in [2.24, 2.45) is 11.8 Å². The molecule has 1 aliphatic heterocycles. The number of aromatic nitrogens is 6. The summed E-state index contributed by atoms with van der Waals surface area (Å²) in [5.41, 5.74) is 0.301. The second-order valence-electron chi connectivity index (χ2n) is 7.68. The summed E-state index contributed by atoms with van der Waals surface area (Å²) in [7, 11) is 0. The lowest BCUT2D eigenvalue weighted by molar-refractivity contribution is 0.358. The summed E-state index contributed by atoms with van der Waals surface area (Å²) in [5, 5.41) is 8.77. The minimum Gasteiger partial charge on any atom is -0.356 e. The van der Waals surface area contributed by atoms with Crippen molar-refractivity contribution in [2.45, 2.75) is 12.5 Å². The first-order valence-corrected chi connectivity index (χ1v) is 9.67. The summed E-state index contributed by atoms with van der Waals surface area (Å²) >= 11 is 0. The van der Waals surface area contributed by atoms with Crippen LogP contribution in [-0.2, 0) is 6.54 Å². The van der Waals surface area contributed by atoms with E-state index < -0.39 is 0 Å². The highest BCUT2D eigenvalue weighted by Gasteiger charge is 2.58. The van der Waals surface area contributed by atoms with Gasteiger partial charge in [0.05, 0.1) is 17.1 Å². The predicted octanol–water partition coefficient (Wildman–Crippen LogP) is 1.61. The Labute approximate surface area is 169 Å². The van der Waals surface area contributed by atoms with Gasteiger partial charge in [-0.15, -0.1) is 0 Å². The van der Waals surface area contributed by atoms with E-state index in [2.05, 4.69) is 30.1 Å². The molecule has 30 heavy (non-hydrogen) atoms. The van der Waals surface area contributed by atoms with E-state index in [4.69, 9.17) is 4.52 Å². The molecule has 2 aliphatic rings. The second kappa shape index (κ2) is 6.41. The molecular weight excluding hydrogens is 389 g/mol. The molecule has 0 N–H and O–H groups in total. The van der Waals surface area contributed by atoms with Gasteiger partial charge < -0.3 is 9.42 Å². The van der Waals surface area contributed by atoms with Crippen molar-refractivity contribution in [1.82, 2.24) is 29.9 Å². The third kappa shape index (κ3) is 2.75. The quantitative estimate of drug-likeness (QED) is 0.505. The van der Waals surface area contributed by atoms with Crippen molar-refractivity contribution < 1.29 is 8.91 Å². The Morgan fingerprint density at radius 3 is 2.87 bits per heavy atom. The molecule has 1 saturated carbocycles. The molecule has 10 heteroatoms. The van der Waals surface area contributed by atoms with Gasteiger partial charge >= 0.3 is 0 Å². The second-order valence-corrected chi connectivity index (χ2v) is 7.68. The topological polar surface area (TPSA) is 103 Å². The van der Waals surface area contributed by atoms with Gasteiger partial charge in [0, 0.05) is 37.5 Å². The first-order valence-electron chi connectivity index (χ1n) is 9.67. The Balaban J connectivity index is 1.16. The van der Waals surface area contributed by atoms with Crippen molar-refractivity contribution in [2.75, 3.05) is 18.0 Å². The Morgan fingerprint density at radius 2 is 2.03 bits per heavy atom. The molecule has 0 unspecified atom stereocenters. The third-order valence-electron chi connectivity index (χ3n) is 5.92. The molecule has 0 radical (unpaired) electrons. The summed E-state index contributed by atoms with van der Waals surface area (Å²) in [6, 6.07) is 6.23. The minimum atomic E-state index is -0.284. The van der Waals surface area contributed by atoms with Gasteiger partial charge in [-0.05, 0) is 30.0 Å². The first kappa shape index (κ1) is 17.2. The maximum atomic E-state index is 13.4. The van der Waals surface area contributed by atoms with Crippen molar-refractivity contribution in [3.63, 3.8) is 0 Å². The van der Waals surface area contributed by atoms with Crippen molar-refractivity contribution in [3.05, 3.63) is 70.7 Å². The lowest BCUT2D eigenvalue weighted by atomic mass is 10.2. The smallest absolute Gasteiger partial charge is 0.276 e. The van der Waals surface area contributed by atoms with Crippen LogP contribution in [0.1, 0.15) is 17.6 Å². The molecule has 1 aliphatic carbocycles. The summed E-state index contributed by atoms with van der Waals surface area (Å²) in [6.45, 7) is 1.68. The zero-order valence-electron chi connectivity index (χ0n) is 15.7. The molecule has 1 saturated heterocycles. The first-order chi connectivity index (χ1) is 14.7. The normalized spacial score (nSPS) is 22.4. The zero-order chi connectivity index (χ0) is 20.2. The molecule has 5 heterocycles. The largest absolute Gasteiger partial charge is 0.356 e. The van der Waals surface area contributed by atoms with Crippen molar-refractivity contribution >= 4 is 16.7 Å². The standard InChI is InChI=1S/C20H16FN7O2/c21-11-3-5-23-16(6-11)27-8-13-14(9-27)18(13)19-25-17(30-26-19)10-28-20(29)12-2-1-4-22-15(12)7-24-28/h1-7,13-14,18H,8-10H2/t13-,14+,18+. The van der Waals surface area contributed by atoms with E-state index in [9.17, 15) is 9.18 Å². The van der Waals surface area contributed by atoms with Gasteiger partial charge in [0.2, 0.25) is 5.89 Å². The Kier molecular flexibility index (Phi) is 3.67. The van der Waals surface area contributed by atoms with Crippen LogP contribution in [0.4, 0.5) is 10.2 Å². The Bertz CT molecular complexity index is 1310. The summed E-state index contributed by atoms with van der Waals surface area (Å²) in [6.07, 6.45) is 4.65. The van der Waals surface area contributed by atoms with Crippen LogP contribution in [0.5, 0.6) is 0 Å². The van der Waals surface area contributed by atoms with Crippen LogP contribution >= 0.6 is 0 Å². The molecular formula is C20H16FN7O2. The number of pyridine rings is 2. The summed E-state index contributed by atoms with van der Waals surface area (Å²) in [4.78, 5) is 27.5. The van der Waals surface area contributed by atoms with Crippen LogP contribution in [0.15, 0.2) is 52.2 Å². The van der Waals surface area contributed by atoms with E-state index >= 15 is 0 Å². The summed E-state index contributed by atoms with van der Waals surface area (Å²) < 4.78 is 20.1. The highest BCUT2D eigenvalue weighted by Crippen LogP contribution is 2.57. The van der Waals surface area contributed by atoms with Crippen molar-refractivity contribution in [3.8, 4) is 0 Å². The number of anilines is 1. The van der Waals surface area contributed by atoms with E-state index in [0.29, 0.717) is 40.3 Å². The van der Waals surface area contributed by atoms with Gasteiger partial charge in [-0.25, -0.2) is 14.1 Å². The lowest BCUT2D eigenvalue weighted by Gasteiger charge is -2.20. The fourth-order valence-corrected chi connectivity index (χ4v) is 4.39. The predicted molar refractivity (Wildman–Crippen MR) is 103 cm³/mol. The highest BCUT2D eigenvalue weighted by molar-refractivity contribution is 5.75. The van der Waals surface area contributed by atoms with Gasteiger partial charge in [0.15, 0.2) is 5.82 Å². The number of hydrogen-bond acceptors (Lipinski definition) is 8. The van der Waals surface area contributed by atoms with Gasteiger partial charge in [-0.3, -0.25) is 9.78 Å². The van der Waals surface area contributed by atoms with Crippen LogP contribution in [0.2, 0.25) is 0 Å². The van der Waals surface area contributed by atoms with E-state index in [1.165, 1.54) is 23.0 Å². The minimum absolute atomic E-state index is 0.109.